The Morgan fingerprint density at radius 2 is 2.06 bits per heavy atom. The average molecular weight is 230 g/mol. The van der Waals surface area contributed by atoms with Crippen LogP contribution in [0.1, 0.15) is 12.0 Å². The first-order valence-corrected chi connectivity index (χ1v) is 6.37. The van der Waals surface area contributed by atoms with Crippen LogP contribution in [0.3, 0.4) is 0 Å². The summed E-state index contributed by atoms with van der Waals surface area (Å²) in [5, 5.41) is 2.97. The zero-order valence-electron chi connectivity index (χ0n) is 9.93. The van der Waals surface area contributed by atoms with E-state index in [0.29, 0.717) is 5.92 Å². The molecule has 2 aliphatic rings. The Morgan fingerprint density at radius 3 is 2.82 bits per heavy atom. The largest absolute Gasteiger partial charge is 0.356 e. The molecule has 1 N–H and O–H groups in total. The van der Waals surface area contributed by atoms with Crippen molar-refractivity contribution < 1.29 is 4.79 Å². The third-order valence-electron chi connectivity index (χ3n) is 3.92. The van der Waals surface area contributed by atoms with Crippen molar-refractivity contribution in [2.45, 2.75) is 13.0 Å². The lowest BCUT2D eigenvalue weighted by Gasteiger charge is -2.23. The van der Waals surface area contributed by atoms with E-state index in [2.05, 4.69) is 34.5 Å². The van der Waals surface area contributed by atoms with E-state index in [9.17, 15) is 4.79 Å². The van der Waals surface area contributed by atoms with Gasteiger partial charge in [-0.3, -0.25) is 9.69 Å². The topological polar surface area (TPSA) is 32.3 Å². The molecule has 0 aliphatic carbocycles. The summed E-state index contributed by atoms with van der Waals surface area (Å²) in [5.41, 5.74) is 1.34. The maximum absolute atomic E-state index is 11.7. The van der Waals surface area contributed by atoms with Crippen molar-refractivity contribution >= 4 is 5.91 Å². The van der Waals surface area contributed by atoms with Crippen LogP contribution in [0, 0.1) is 11.8 Å². The minimum Gasteiger partial charge on any atom is -0.356 e. The van der Waals surface area contributed by atoms with Crippen molar-refractivity contribution in [3.63, 3.8) is 0 Å². The molecule has 1 aromatic rings. The molecule has 0 bridgehead atoms. The second kappa shape index (κ2) is 4.49. The van der Waals surface area contributed by atoms with E-state index in [-0.39, 0.29) is 11.8 Å². The van der Waals surface area contributed by atoms with Crippen molar-refractivity contribution in [1.82, 2.24) is 10.2 Å². The molecular formula is C14H18N2O. The zero-order chi connectivity index (χ0) is 11.7. The van der Waals surface area contributed by atoms with E-state index in [1.165, 1.54) is 5.56 Å². The number of amides is 1. The normalized spacial score (nSPS) is 28.8. The molecule has 0 aromatic heterocycles. The Bertz CT molecular complexity index is 404. The minimum absolute atomic E-state index is 0.229. The SMILES string of the molecule is O=C1NCC[C@H]2CN(Cc3ccccc3)C[C@@H]12. The summed E-state index contributed by atoms with van der Waals surface area (Å²) < 4.78 is 0. The lowest BCUT2D eigenvalue weighted by molar-refractivity contribution is -0.127. The van der Waals surface area contributed by atoms with Crippen molar-refractivity contribution in [3.05, 3.63) is 35.9 Å². The van der Waals surface area contributed by atoms with Crippen molar-refractivity contribution in [1.29, 1.82) is 0 Å². The Morgan fingerprint density at radius 1 is 1.24 bits per heavy atom. The third-order valence-corrected chi connectivity index (χ3v) is 3.92. The molecule has 0 saturated carbocycles. The number of nitrogens with one attached hydrogen (secondary N) is 1. The zero-order valence-corrected chi connectivity index (χ0v) is 9.93. The first kappa shape index (κ1) is 10.8. The highest BCUT2D eigenvalue weighted by molar-refractivity contribution is 5.80. The van der Waals surface area contributed by atoms with Gasteiger partial charge in [-0.05, 0) is 17.9 Å². The van der Waals surface area contributed by atoms with E-state index in [1.54, 1.807) is 0 Å². The quantitative estimate of drug-likeness (QED) is 0.829. The molecule has 1 amide bonds. The Hall–Kier alpha value is -1.35. The van der Waals surface area contributed by atoms with Gasteiger partial charge < -0.3 is 5.32 Å². The molecule has 2 aliphatic heterocycles. The summed E-state index contributed by atoms with van der Waals surface area (Å²) in [5.74, 6) is 1.07. The number of hydrogen-bond acceptors (Lipinski definition) is 2. The van der Waals surface area contributed by atoms with E-state index in [4.69, 9.17) is 0 Å². The summed E-state index contributed by atoms with van der Waals surface area (Å²) in [6.45, 7) is 3.83. The van der Waals surface area contributed by atoms with E-state index < -0.39 is 0 Å². The number of carbonyl (C=O) groups is 1. The molecule has 3 nitrogen and oxygen atoms in total. The highest BCUT2D eigenvalue weighted by Crippen LogP contribution is 2.29. The highest BCUT2D eigenvalue weighted by Gasteiger charge is 2.39. The Kier molecular flexibility index (Phi) is 2.85. The van der Waals surface area contributed by atoms with Gasteiger partial charge >= 0.3 is 0 Å². The minimum atomic E-state index is 0.229. The number of piperidine rings is 1. The fourth-order valence-electron chi connectivity index (χ4n) is 3.03. The maximum atomic E-state index is 11.7. The third kappa shape index (κ3) is 2.20. The van der Waals surface area contributed by atoms with Crippen LogP contribution in [0.5, 0.6) is 0 Å². The summed E-state index contributed by atoms with van der Waals surface area (Å²) >= 11 is 0. The van der Waals surface area contributed by atoms with Gasteiger partial charge in [0.15, 0.2) is 0 Å². The number of hydrogen-bond donors (Lipinski definition) is 1. The molecule has 2 atom stereocenters. The number of rotatable bonds is 2. The van der Waals surface area contributed by atoms with Gasteiger partial charge in [0.05, 0.1) is 5.92 Å². The smallest absolute Gasteiger partial charge is 0.224 e. The Balaban J connectivity index is 1.66. The number of benzene rings is 1. The predicted octanol–water partition coefficient (Wildman–Crippen LogP) is 1.25. The summed E-state index contributed by atoms with van der Waals surface area (Å²) in [4.78, 5) is 14.1. The Labute approximate surface area is 102 Å². The molecule has 1 aromatic carbocycles. The molecule has 3 heteroatoms. The summed E-state index contributed by atoms with van der Waals surface area (Å²) in [7, 11) is 0. The van der Waals surface area contributed by atoms with Crippen LogP contribution in [0.15, 0.2) is 30.3 Å². The van der Waals surface area contributed by atoms with Crippen molar-refractivity contribution in [2.75, 3.05) is 19.6 Å². The monoisotopic (exact) mass is 230 g/mol. The number of fused-ring (bicyclic) bond motifs is 1. The molecule has 2 heterocycles. The molecule has 2 fully saturated rings. The van der Waals surface area contributed by atoms with Crippen LogP contribution >= 0.6 is 0 Å². The molecule has 17 heavy (non-hydrogen) atoms. The van der Waals surface area contributed by atoms with Gasteiger partial charge in [-0.1, -0.05) is 30.3 Å². The van der Waals surface area contributed by atoms with Gasteiger partial charge in [0.2, 0.25) is 5.91 Å². The molecule has 2 saturated heterocycles. The fourth-order valence-corrected chi connectivity index (χ4v) is 3.03. The van der Waals surface area contributed by atoms with Gasteiger partial charge in [-0.25, -0.2) is 0 Å². The van der Waals surface area contributed by atoms with Gasteiger partial charge in [-0.15, -0.1) is 0 Å². The van der Waals surface area contributed by atoms with Gasteiger partial charge in [0, 0.05) is 26.2 Å². The summed E-state index contributed by atoms with van der Waals surface area (Å²) in [6, 6.07) is 10.5. The first-order valence-electron chi connectivity index (χ1n) is 6.37. The second-order valence-electron chi connectivity index (χ2n) is 5.13. The van der Waals surface area contributed by atoms with Crippen molar-refractivity contribution in [3.8, 4) is 0 Å². The fraction of sp³-hybridized carbons (Fsp3) is 0.500. The standard InChI is InChI=1S/C14H18N2O/c17-14-13-10-16(9-12(13)6-7-15-14)8-11-4-2-1-3-5-11/h1-5,12-13H,6-10H2,(H,15,17)/t12-,13+/m0/s1. The van der Waals surface area contributed by atoms with Crippen LogP contribution in [-0.4, -0.2) is 30.4 Å². The lowest BCUT2D eigenvalue weighted by Crippen LogP contribution is -2.41. The average Bonchev–Trinajstić information content (AvgIpc) is 2.74. The lowest BCUT2D eigenvalue weighted by atomic mass is 9.89. The molecule has 0 unspecified atom stereocenters. The second-order valence-corrected chi connectivity index (χ2v) is 5.13. The molecular weight excluding hydrogens is 212 g/mol. The maximum Gasteiger partial charge on any atom is 0.224 e. The number of carbonyl (C=O) groups excluding carboxylic acids is 1. The van der Waals surface area contributed by atoms with E-state index in [0.717, 1.165) is 32.6 Å². The van der Waals surface area contributed by atoms with E-state index >= 15 is 0 Å². The van der Waals surface area contributed by atoms with Crippen LogP contribution in [-0.2, 0) is 11.3 Å². The van der Waals surface area contributed by atoms with Crippen LogP contribution in [0.4, 0.5) is 0 Å². The molecule has 0 spiro atoms. The highest BCUT2D eigenvalue weighted by atomic mass is 16.2. The first-order chi connectivity index (χ1) is 8.33. The molecule has 3 rings (SSSR count). The van der Waals surface area contributed by atoms with Crippen LogP contribution < -0.4 is 5.32 Å². The number of likely N-dealkylation sites (tertiary alicyclic amines) is 1. The van der Waals surface area contributed by atoms with E-state index in [1.807, 2.05) is 6.07 Å². The predicted molar refractivity (Wildman–Crippen MR) is 66.3 cm³/mol. The summed E-state index contributed by atoms with van der Waals surface area (Å²) in [6.07, 6.45) is 1.14. The van der Waals surface area contributed by atoms with Crippen LogP contribution in [0.2, 0.25) is 0 Å². The number of nitrogens with zero attached hydrogens (tertiary/aromatic N) is 1. The van der Waals surface area contributed by atoms with Gasteiger partial charge in [0.25, 0.3) is 0 Å². The van der Waals surface area contributed by atoms with Gasteiger partial charge in [-0.2, -0.15) is 0 Å². The molecule has 0 radical (unpaired) electrons. The van der Waals surface area contributed by atoms with Crippen LogP contribution in [0.25, 0.3) is 0 Å². The van der Waals surface area contributed by atoms with Gasteiger partial charge in [0.1, 0.15) is 0 Å². The van der Waals surface area contributed by atoms with Crippen molar-refractivity contribution in [2.24, 2.45) is 11.8 Å². The molecule has 90 valence electrons.